The molecule has 0 saturated carbocycles. The van der Waals surface area contributed by atoms with E-state index < -0.39 is 0 Å². The first-order chi connectivity index (χ1) is 17.4. The monoisotopic (exact) mass is 484 g/mol. The molecule has 0 bridgehead atoms. The molecule has 0 spiro atoms. The molecular weight excluding hydrogens is 460 g/mol. The molecule has 6 N–H and O–H groups in total. The molecule has 0 amide bonds. The second-order valence-corrected chi connectivity index (χ2v) is 9.00. The lowest BCUT2D eigenvalue weighted by Gasteiger charge is -2.11. The number of rotatable bonds is 7. The summed E-state index contributed by atoms with van der Waals surface area (Å²) < 4.78 is 3.89. The summed E-state index contributed by atoms with van der Waals surface area (Å²) in [5.41, 5.74) is 14.6. The first kappa shape index (κ1) is 22.2. The van der Waals surface area contributed by atoms with Crippen molar-refractivity contribution in [2.45, 2.75) is 25.9 Å². The van der Waals surface area contributed by atoms with Crippen LogP contribution in [-0.2, 0) is 13.1 Å². The van der Waals surface area contributed by atoms with Gasteiger partial charge in [-0.05, 0) is 37.1 Å². The zero-order valence-corrected chi connectivity index (χ0v) is 19.4. The van der Waals surface area contributed by atoms with E-state index >= 15 is 0 Å². The minimum absolute atomic E-state index is 0.0397. The van der Waals surface area contributed by atoms with Crippen molar-refractivity contribution in [3.8, 4) is 11.4 Å². The van der Waals surface area contributed by atoms with Crippen LogP contribution >= 0.6 is 0 Å². The zero-order valence-electron chi connectivity index (χ0n) is 19.4. The lowest BCUT2D eigenvalue weighted by Crippen LogP contribution is -2.10. The second kappa shape index (κ2) is 8.14. The van der Waals surface area contributed by atoms with Crippen LogP contribution in [0.5, 0.6) is 0 Å². The molecule has 4 heterocycles. The highest BCUT2D eigenvalue weighted by molar-refractivity contribution is 6.20. The number of aliphatic hydroxyl groups is 2. The van der Waals surface area contributed by atoms with E-state index in [1.807, 2.05) is 33.7 Å². The maximum Gasteiger partial charge on any atom is 0.227 e. The number of benzene rings is 2. The van der Waals surface area contributed by atoms with E-state index in [4.69, 9.17) is 21.4 Å². The van der Waals surface area contributed by atoms with Crippen molar-refractivity contribution < 1.29 is 10.2 Å². The van der Waals surface area contributed by atoms with Crippen molar-refractivity contribution in [1.29, 1.82) is 0 Å². The van der Waals surface area contributed by atoms with Crippen LogP contribution in [0.25, 0.3) is 55.0 Å². The van der Waals surface area contributed by atoms with E-state index in [9.17, 15) is 19.8 Å². The third kappa shape index (κ3) is 3.05. The quantitative estimate of drug-likeness (QED) is 0.250. The van der Waals surface area contributed by atoms with Crippen molar-refractivity contribution >= 4 is 55.0 Å². The highest BCUT2D eigenvalue weighted by atomic mass is 16.3. The number of aryl methyl sites for hydroxylation is 2. The Morgan fingerprint density at radius 3 is 1.53 bits per heavy atom. The molecule has 0 fully saturated rings. The van der Waals surface area contributed by atoms with Gasteiger partial charge in [0.15, 0.2) is 0 Å². The number of aliphatic hydroxyl groups excluding tert-OH is 2. The molecule has 0 unspecified atom stereocenters. The van der Waals surface area contributed by atoms with Crippen molar-refractivity contribution in [3.63, 3.8) is 0 Å². The summed E-state index contributed by atoms with van der Waals surface area (Å²) in [4.78, 5) is 35.4. The van der Waals surface area contributed by atoms with Gasteiger partial charge in [-0.3, -0.25) is 9.59 Å². The number of pyridine rings is 2. The van der Waals surface area contributed by atoms with E-state index in [1.54, 1.807) is 12.1 Å². The number of hydrogen-bond acceptors (Lipinski definition) is 8. The van der Waals surface area contributed by atoms with Gasteiger partial charge < -0.3 is 30.8 Å². The van der Waals surface area contributed by atoms with Crippen LogP contribution in [0, 0.1) is 0 Å². The summed E-state index contributed by atoms with van der Waals surface area (Å²) in [6.07, 6.45) is 4.86. The number of anilines is 2. The molecule has 0 aliphatic rings. The SMILES string of the molecule is Nc1cc2c3c(ccn2CCCO)c(-c2nc4c(=O)c(N)cc5c4c2ccn5CCCO)nc3c1=O. The summed E-state index contributed by atoms with van der Waals surface area (Å²) in [5.74, 6) is 0. The molecule has 0 radical (unpaired) electrons. The van der Waals surface area contributed by atoms with Crippen LogP contribution in [0.1, 0.15) is 12.8 Å². The Balaban J connectivity index is 1.69. The molecule has 2 aromatic carbocycles. The first-order valence-corrected chi connectivity index (χ1v) is 11.8. The van der Waals surface area contributed by atoms with Gasteiger partial charge in [0.2, 0.25) is 10.9 Å². The van der Waals surface area contributed by atoms with Gasteiger partial charge in [-0.15, -0.1) is 0 Å². The van der Waals surface area contributed by atoms with Crippen LogP contribution in [-0.4, -0.2) is 42.5 Å². The minimum Gasteiger partial charge on any atom is -0.396 e. The molecule has 10 heteroatoms. The van der Waals surface area contributed by atoms with E-state index in [2.05, 4.69) is 0 Å². The Morgan fingerprint density at radius 1 is 0.722 bits per heavy atom. The molecule has 4 aromatic heterocycles. The van der Waals surface area contributed by atoms with Crippen LogP contribution in [0.2, 0.25) is 0 Å². The van der Waals surface area contributed by atoms with Gasteiger partial charge in [-0.1, -0.05) is 0 Å². The van der Waals surface area contributed by atoms with Gasteiger partial charge >= 0.3 is 0 Å². The molecule has 0 aliphatic carbocycles. The van der Waals surface area contributed by atoms with Crippen molar-refractivity contribution in [2.24, 2.45) is 0 Å². The number of aromatic nitrogens is 4. The fourth-order valence-electron chi connectivity index (χ4n) is 5.14. The lowest BCUT2D eigenvalue weighted by atomic mass is 10.1. The van der Waals surface area contributed by atoms with Crippen molar-refractivity contribution in [2.75, 3.05) is 24.7 Å². The molecule has 36 heavy (non-hydrogen) atoms. The summed E-state index contributed by atoms with van der Waals surface area (Å²) in [6, 6.07) is 7.05. The number of nitrogens with zero attached hydrogens (tertiary/aromatic N) is 4. The fourth-order valence-corrected chi connectivity index (χ4v) is 5.14. The van der Waals surface area contributed by atoms with Gasteiger partial charge in [0.05, 0.1) is 33.8 Å². The molecule has 6 aromatic rings. The van der Waals surface area contributed by atoms with Crippen LogP contribution in [0.3, 0.4) is 0 Å². The molecule has 10 nitrogen and oxygen atoms in total. The molecule has 6 rings (SSSR count). The topological polar surface area (TPSA) is 162 Å². The predicted molar refractivity (Wildman–Crippen MR) is 141 cm³/mol. The van der Waals surface area contributed by atoms with E-state index in [0.29, 0.717) is 48.1 Å². The summed E-state index contributed by atoms with van der Waals surface area (Å²) in [5, 5.41) is 21.4. The van der Waals surface area contributed by atoms with E-state index in [1.165, 1.54) is 0 Å². The standard InChI is InChI=1S/C26H24N6O4/c27-15-11-17-19-13(3-7-31(17)5-1-9-33)21(29-23(19)25(15)35)22-14-4-8-32(6-2-10-34)18-12-16(28)26(36)24(30-22)20(14)18/h3-4,7-8,11-12,33-34H,1-2,5-6,9-10,27-28H2. The van der Waals surface area contributed by atoms with Crippen LogP contribution in [0.4, 0.5) is 11.4 Å². The molecule has 0 atom stereocenters. The Labute approximate surface area is 203 Å². The molecule has 0 aliphatic heterocycles. The Kier molecular flexibility index (Phi) is 5.02. The maximum atomic E-state index is 13.0. The largest absolute Gasteiger partial charge is 0.396 e. The maximum absolute atomic E-state index is 13.0. The average Bonchev–Trinajstić information content (AvgIpc) is 3.45. The summed E-state index contributed by atoms with van der Waals surface area (Å²) in [6.45, 7) is 1.19. The van der Waals surface area contributed by atoms with Crippen molar-refractivity contribution in [3.05, 3.63) is 57.1 Å². The van der Waals surface area contributed by atoms with Gasteiger partial charge in [-0.2, -0.15) is 0 Å². The van der Waals surface area contributed by atoms with E-state index in [0.717, 1.165) is 21.8 Å². The summed E-state index contributed by atoms with van der Waals surface area (Å²) >= 11 is 0. The molecule has 182 valence electrons. The Morgan fingerprint density at radius 2 is 1.14 bits per heavy atom. The van der Waals surface area contributed by atoms with Gasteiger partial charge in [0, 0.05) is 60.2 Å². The van der Waals surface area contributed by atoms with Gasteiger partial charge in [-0.25, -0.2) is 9.97 Å². The third-order valence-corrected chi connectivity index (χ3v) is 6.82. The third-order valence-electron chi connectivity index (χ3n) is 6.82. The second-order valence-electron chi connectivity index (χ2n) is 9.00. The highest BCUT2D eigenvalue weighted by Crippen LogP contribution is 2.39. The molecule has 0 saturated heterocycles. The molecular formula is C26H24N6O4. The fraction of sp³-hybridized carbons (Fsp3) is 0.231. The first-order valence-electron chi connectivity index (χ1n) is 11.8. The predicted octanol–water partition coefficient (Wildman–Crippen LogP) is 1.88. The van der Waals surface area contributed by atoms with Crippen LogP contribution in [0.15, 0.2) is 46.2 Å². The smallest absolute Gasteiger partial charge is 0.227 e. The lowest BCUT2D eigenvalue weighted by molar-refractivity contribution is 0.280. The zero-order chi connectivity index (χ0) is 25.1. The van der Waals surface area contributed by atoms with Crippen molar-refractivity contribution in [1.82, 2.24) is 19.1 Å². The van der Waals surface area contributed by atoms with Gasteiger partial charge in [0.25, 0.3) is 0 Å². The van der Waals surface area contributed by atoms with Gasteiger partial charge in [0.1, 0.15) is 11.0 Å². The number of hydrogen-bond donors (Lipinski definition) is 4. The number of nitrogens with two attached hydrogens (primary N) is 2. The summed E-state index contributed by atoms with van der Waals surface area (Å²) in [7, 11) is 0. The number of nitrogen functional groups attached to an aromatic ring is 2. The highest BCUT2D eigenvalue weighted by Gasteiger charge is 2.24. The Bertz CT molecular complexity index is 1750. The minimum atomic E-state index is -0.358. The van der Waals surface area contributed by atoms with Crippen LogP contribution < -0.4 is 22.3 Å². The average molecular weight is 485 g/mol. The Hall–Kier alpha value is -4.28. The normalized spacial score (nSPS) is 12.2. The van der Waals surface area contributed by atoms with E-state index in [-0.39, 0.29) is 46.5 Å².